The Balaban J connectivity index is 1.84. The molecule has 0 spiro atoms. The van der Waals surface area contributed by atoms with Crippen LogP contribution in [0.2, 0.25) is 0 Å². The molecule has 132 valence electrons. The Morgan fingerprint density at radius 1 is 1.19 bits per heavy atom. The Kier molecular flexibility index (Phi) is 4.69. The number of furan rings is 1. The number of hydrazine groups is 1. The van der Waals surface area contributed by atoms with Gasteiger partial charge in [-0.2, -0.15) is 0 Å². The van der Waals surface area contributed by atoms with Crippen molar-refractivity contribution in [3.63, 3.8) is 0 Å². The maximum absolute atomic E-state index is 11.9. The van der Waals surface area contributed by atoms with Crippen LogP contribution in [0.4, 0.5) is 23.1 Å². The van der Waals surface area contributed by atoms with Gasteiger partial charge >= 0.3 is 11.6 Å². The SMILES string of the molecule is Cc1cccc(Nc2ncnc(NNC(=O)c3ccco3)c2[N+](=O)[O-])n1. The summed E-state index contributed by atoms with van der Waals surface area (Å²) in [6, 6.07) is 8.17. The summed E-state index contributed by atoms with van der Waals surface area (Å²) < 4.78 is 4.94. The Bertz CT molecular complexity index is 943. The van der Waals surface area contributed by atoms with E-state index >= 15 is 0 Å². The average Bonchev–Trinajstić information content (AvgIpc) is 3.14. The Labute approximate surface area is 146 Å². The predicted octanol–water partition coefficient (Wildman–Crippen LogP) is 2.18. The zero-order valence-electron chi connectivity index (χ0n) is 13.5. The Morgan fingerprint density at radius 2 is 2.00 bits per heavy atom. The molecule has 11 nitrogen and oxygen atoms in total. The molecule has 0 fully saturated rings. The molecule has 0 saturated heterocycles. The first-order chi connectivity index (χ1) is 12.5. The molecule has 0 aliphatic rings. The van der Waals surface area contributed by atoms with E-state index in [0.29, 0.717) is 5.82 Å². The average molecular weight is 355 g/mol. The van der Waals surface area contributed by atoms with Gasteiger partial charge in [-0.25, -0.2) is 15.0 Å². The highest BCUT2D eigenvalue weighted by Crippen LogP contribution is 2.30. The van der Waals surface area contributed by atoms with Gasteiger partial charge in [0.25, 0.3) is 0 Å². The summed E-state index contributed by atoms with van der Waals surface area (Å²) in [5.74, 6) is -0.454. The summed E-state index contributed by atoms with van der Waals surface area (Å²) in [7, 11) is 0. The summed E-state index contributed by atoms with van der Waals surface area (Å²) in [6.45, 7) is 1.79. The third-order valence-corrected chi connectivity index (χ3v) is 3.18. The van der Waals surface area contributed by atoms with Crippen LogP contribution in [0.15, 0.2) is 47.3 Å². The number of nitrogens with one attached hydrogen (secondary N) is 3. The third-order valence-electron chi connectivity index (χ3n) is 3.18. The fraction of sp³-hybridized carbons (Fsp3) is 0.0667. The molecule has 3 rings (SSSR count). The number of amides is 1. The molecule has 1 amide bonds. The molecule has 3 N–H and O–H groups in total. The first-order valence-corrected chi connectivity index (χ1v) is 7.34. The van der Waals surface area contributed by atoms with Gasteiger partial charge in [-0.3, -0.25) is 25.8 Å². The fourth-order valence-electron chi connectivity index (χ4n) is 2.05. The van der Waals surface area contributed by atoms with Gasteiger partial charge in [-0.15, -0.1) is 0 Å². The number of nitrogens with zero attached hydrogens (tertiary/aromatic N) is 4. The van der Waals surface area contributed by atoms with Gasteiger partial charge < -0.3 is 9.73 Å². The van der Waals surface area contributed by atoms with E-state index < -0.39 is 16.5 Å². The fourth-order valence-corrected chi connectivity index (χ4v) is 2.05. The van der Waals surface area contributed by atoms with Gasteiger partial charge in [-0.1, -0.05) is 6.07 Å². The summed E-state index contributed by atoms with van der Waals surface area (Å²) in [4.78, 5) is 34.6. The van der Waals surface area contributed by atoms with Crippen LogP contribution in [0, 0.1) is 17.0 Å². The molecular weight excluding hydrogens is 342 g/mol. The molecule has 3 aromatic heterocycles. The monoisotopic (exact) mass is 355 g/mol. The minimum atomic E-state index is -0.667. The first-order valence-electron chi connectivity index (χ1n) is 7.34. The molecule has 0 atom stereocenters. The summed E-state index contributed by atoms with van der Waals surface area (Å²) in [5, 5.41) is 14.2. The third kappa shape index (κ3) is 3.72. The number of anilines is 3. The molecule has 11 heteroatoms. The van der Waals surface area contributed by atoms with Crippen molar-refractivity contribution in [1.82, 2.24) is 20.4 Å². The molecule has 0 unspecified atom stereocenters. The lowest BCUT2D eigenvalue weighted by Gasteiger charge is -2.10. The van der Waals surface area contributed by atoms with Crippen molar-refractivity contribution in [3.8, 4) is 0 Å². The van der Waals surface area contributed by atoms with Gasteiger partial charge in [0.05, 0.1) is 11.2 Å². The van der Waals surface area contributed by atoms with E-state index in [0.717, 1.165) is 12.0 Å². The largest absolute Gasteiger partial charge is 0.459 e. The molecule has 0 bridgehead atoms. The number of aryl methyl sites for hydroxylation is 1. The second-order valence-electron chi connectivity index (χ2n) is 5.02. The number of rotatable bonds is 6. The molecule has 0 saturated carbocycles. The molecular formula is C15H13N7O4. The van der Waals surface area contributed by atoms with Crippen molar-refractivity contribution < 1.29 is 14.1 Å². The number of hydrogen-bond acceptors (Lipinski definition) is 9. The maximum atomic E-state index is 11.9. The van der Waals surface area contributed by atoms with E-state index in [1.54, 1.807) is 31.2 Å². The van der Waals surface area contributed by atoms with Crippen LogP contribution in [-0.4, -0.2) is 25.8 Å². The van der Waals surface area contributed by atoms with Crippen LogP contribution in [0.3, 0.4) is 0 Å². The van der Waals surface area contributed by atoms with E-state index in [-0.39, 0.29) is 17.4 Å². The van der Waals surface area contributed by atoms with Crippen LogP contribution in [0.1, 0.15) is 16.2 Å². The van der Waals surface area contributed by atoms with Gasteiger partial charge in [0.15, 0.2) is 5.76 Å². The molecule has 0 aliphatic heterocycles. The number of carbonyl (C=O) groups excluding carboxylic acids is 1. The Hall–Kier alpha value is -4.02. The normalized spacial score (nSPS) is 10.2. The highest BCUT2D eigenvalue weighted by molar-refractivity contribution is 5.92. The quantitative estimate of drug-likeness (QED) is 0.447. The van der Waals surface area contributed by atoms with Crippen molar-refractivity contribution in [1.29, 1.82) is 0 Å². The predicted molar refractivity (Wildman–Crippen MR) is 90.7 cm³/mol. The van der Waals surface area contributed by atoms with E-state index in [9.17, 15) is 14.9 Å². The van der Waals surface area contributed by atoms with E-state index in [1.807, 2.05) is 0 Å². The lowest BCUT2D eigenvalue weighted by molar-refractivity contribution is -0.383. The maximum Gasteiger partial charge on any atom is 0.355 e. The van der Waals surface area contributed by atoms with Crippen molar-refractivity contribution >= 4 is 29.0 Å². The van der Waals surface area contributed by atoms with Crippen LogP contribution in [0.5, 0.6) is 0 Å². The molecule has 3 aromatic rings. The van der Waals surface area contributed by atoms with E-state index in [2.05, 4.69) is 31.1 Å². The van der Waals surface area contributed by atoms with Crippen LogP contribution in [-0.2, 0) is 0 Å². The zero-order chi connectivity index (χ0) is 18.5. The zero-order valence-corrected chi connectivity index (χ0v) is 13.5. The van der Waals surface area contributed by atoms with Gasteiger partial charge in [0, 0.05) is 5.69 Å². The van der Waals surface area contributed by atoms with Crippen molar-refractivity contribution in [3.05, 3.63) is 64.5 Å². The summed E-state index contributed by atoms with van der Waals surface area (Å²) in [5.41, 5.74) is 4.97. The highest BCUT2D eigenvalue weighted by Gasteiger charge is 2.24. The van der Waals surface area contributed by atoms with Gasteiger partial charge in [-0.05, 0) is 31.2 Å². The van der Waals surface area contributed by atoms with E-state index in [4.69, 9.17) is 4.42 Å². The smallest absolute Gasteiger partial charge is 0.355 e. The number of hydrogen-bond donors (Lipinski definition) is 3. The standard InChI is InChI=1S/C15H13N7O4/c1-9-4-2-6-11(18-9)19-13-12(22(24)25)14(17-8-16-13)20-21-15(23)10-5-3-7-26-10/h2-8H,1H3,(H,21,23)(H2,16,17,18,19,20). The Morgan fingerprint density at radius 3 is 2.69 bits per heavy atom. The molecule has 3 heterocycles. The molecule has 0 radical (unpaired) electrons. The molecule has 0 aliphatic carbocycles. The minimum Gasteiger partial charge on any atom is -0.459 e. The lowest BCUT2D eigenvalue weighted by Crippen LogP contribution is -2.30. The van der Waals surface area contributed by atoms with Crippen LogP contribution in [0.25, 0.3) is 0 Å². The van der Waals surface area contributed by atoms with E-state index in [1.165, 1.54) is 12.3 Å². The van der Waals surface area contributed by atoms with Crippen LogP contribution >= 0.6 is 0 Å². The van der Waals surface area contributed by atoms with Crippen molar-refractivity contribution in [2.45, 2.75) is 6.92 Å². The number of carbonyl (C=O) groups is 1. The van der Waals surface area contributed by atoms with Crippen molar-refractivity contribution in [2.75, 3.05) is 10.7 Å². The summed E-state index contributed by atoms with van der Waals surface area (Å²) in [6.07, 6.45) is 2.45. The number of aromatic nitrogens is 3. The van der Waals surface area contributed by atoms with Gasteiger partial charge in [0.2, 0.25) is 11.6 Å². The summed E-state index contributed by atoms with van der Waals surface area (Å²) >= 11 is 0. The lowest BCUT2D eigenvalue weighted by atomic mass is 10.3. The molecule has 0 aromatic carbocycles. The number of pyridine rings is 1. The second-order valence-corrected chi connectivity index (χ2v) is 5.02. The minimum absolute atomic E-state index is 0.0384. The van der Waals surface area contributed by atoms with Gasteiger partial charge in [0.1, 0.15) is 12.1 Å². The highest BCUT2D eigenvalue weighted by atomic mass is 16.6. The van der Waals surface area contributed by atoms with Crippen LogP contribution < -0.4 is 16.2 Å². The topological polar surface area (TPSA) is 148 Å². The second kappa shape index (κ2) is 7.25. The molecule has 26 heavy (non-hydrogen) atoms. The first kappa shape index (κ1) is 16.8. The van der Waals surface area contributed by atoms with Crippen molar-refractivity contribution in [2.24, 2.45) is 0 Å². The number of nitro groups is 1.